The molecule has 1 N–H and O–H groups in total. The third kappa shape index (κ3) is 2.47. The molecular formula is C28H25NS. The normalized spacial score (nSPS) is 18.2. The summed E-state index contributed by atoms with van der Waals surface area (Å²) in [6.45, 7) is 7.03. The first kappa shape index (κ1) is 18.0. The molecule has 1 heterocycles. The zero-order chi connectivity index (χ0) is 20.5. The smallest absolute Gasteiger partial charge is 0.0475 e. The Morgan fingerprint density at radius 3 is 2.67 bits per heavy atom. The lowest BCUT2D eigenvalue weighted by molar-refractivity contribution is 0.660. The van der Waals surface area contributed by atoms with Crippen molar-refractivity contribution in [2.75, 3.05) is 5.32 Å². The average Bonchev–Trinajstić information content (AvgIpc) is 3.24. The second-order valence-corrected chi connectivity index (χ2v) is 10.2. The zero-order valence-corrected chi connectivity index (χ0v) is 18.4. The molecule has 1 nitrogen and oxygen atoms in total. The van der Waals surface area contributed by atoms with Crippen molar-refractivity contribution in [2.24, 2.45) is 0 Å². The molecular weight excluding hydrogens is 382 g/mol. The van der Waals surface area contributed by atoms with Crippen LogP contribution < -0.4 is 5.32 Å². The van der Waals surface area contributed by atoms with Gasteiger partial charge >= 0.3 is 0 Å². The Kier molecular flexibility index (Phi) is 3.79. The molecule has 0 saturated carbocycles. The van der Waals surface area contributed by atoms with Crippen molar-refractivity contribution in [3.05, 3.63) is 88.3 Å². The maximum absolute atomic E-state index is 3.78. The molecule has 6 rings (SSSR count). The second kappa shape index (κ2) is 6.33. The van der Waals surface area contributed by atoms with Crippen molar-refractivity contribution in [1.82, 2.24) is 0 Å². The Labute approximate surface area is 182 Å². The number of hydrogen-bond acceptors (Lipinski definition) is 2. The predicted octanol–water partition coefficient (Wildman–Crippen LogP) is 8.47. The summed E-state index contributed by atoms with van der Waals surface area (Å²) >= 11 is 1.91. The molecule has 0 saturated heterocycles. The zero-order valence-electron chi connectivity index (χ0n) is 17.6. The van der Waals surface area contributed by atoms with E-state index in [1.807, 2.05) is 11.3 Å². The summed E-state index contributed by atoms with van der Waals surface area (Å²) in [7, 11) is 0. The molecule has 3 aromatic carbocycles. The standard InChI is InChI=1S/C28H25NS/c1-17-8-6-12-24-26(17)27-23(11-7-13-25(27)30-24)29-18-14-15-20-19-9-4-5-10-21(19)28(2,3)22(20)16-18/h4-7,9-17,29H,8H2,1-3H3. The Morgan fingerprint density at radius 1 is 0.933 bits per heavy atom. The molecule has 0 bridgehead atoms. The van der Waals surface area contributed by atoms with E-state index in [1.54, 1.807) is 0 Å². The molecule has 1 aromatic heterocycles. The van der Waals surface area contributed by atoms with Crippen LogP contribution in [0.3, 0.4) is 0 Å². The van der Waals surface area contributed by atoms with Gasteiger partial charge in [0.25, 0.3) is 0 Å². The van der Waals surface area contributed by atoms with Gasteiger partial charge in [-0.25, -0.2) is 0 Å². The lowest BCUT2D eigenvalue weighted by Gasteiger charge is -2.22. The van der Waals surface area contributed by atoms with Crippen LogP contribution >= 0.6 is 11.3 Å². The summed E-state index contributed by atoms with van der Waals surface area (Å²) in [6, 6.07) is 22.4. The lowest BCUT2D eigenvalue weighted by Crippen LogP contribution is -2.15. The molecule has 2 heteroatoms. The van der Waals surface area contributed by atoms with Gasteiger partial charge in [0.2, 0.25) is 0 Å². The van der Waals surface area contributed by atoms with Crippen LogP contribution in [0, 0.1) is 0 Å². The highest BCUT2D eigenvalue weighted by atomic mass is 32.1. The number of hydrogen-bond donors (Lipinski definition) is 1. The van der Waals surface area contributed by atoms with Gasteiger partial charge in [-0.3, -0.25) is 0 Å². The number of nitrogens with one attached hydrogen (secondary N) is 1. The van der Waals surface area contributed by atoms with E-state index in [2.05, 4.69) is 98.9 Å². The highest BCUT2D eigenvalue weighted by molar-refractivity contribution is 7.20. The molecule has 1 atom stereocenters. The third-order valence-electron chi connectivity index (χ3n) is 6.90. The monoisotopic (exact) mass is 407 g/mol. The summed E-state index contributed by atoms with van der Waals surface area (Å²) in [5, 5.41) is 5.18. The van der Waals surface area contributed by atoms with Crippen LogP contribution in [-0.2, 0) is 5.41 Å². The maximum Gasteiger partial charge on any atom is 0.0475 e. The van der Waals surface area contributed by atoms with Gasteiger partial charge in [-0.05, 0) is 70.5 Å². The Bertz CT molecular complexity index is 1340. The van der Waals surface area contributed by atoms with Gasteiger partial charge in [0.05, 0.1) is 0 Å². The molecule has 4 aromatic rings. The molecule has 2 aliphatic rings. The van der Waals surface area contributed by atoms with E-state index in [0.717, 1.165) is 6.42 Å². The topological polar surface area (TPSA) is 12.0 Å². The first-order valence-electron chi connectivity index (χ1n) is 10.8. The van der Waals surface area contributed by atoms with Gasteiger partial charge in [-0.2, -0.15) is 0 Å². The Hall–Kier alpha value is -2.84. The summed E-state index contributed by atoms with van der Waals surface area (Å²) in [5.41, 5.74) is 9.49. The SMILES string of the molecule is CC1CC=Cc2sc3cccc(Nc4ccc5c(c4)C(C)(C)c4ccccc4-5)c3c21. The van der Waals surface area contributed by atoms with E-state index in [4.69, 9.17) is 0 Å². The van der Waals surface area contributed by atoms with Crippen LogP contribution in [-0.4, -0.2) is 0 Å². The first-order valence-corrected chi connectivity index (χ1v) is 11.6. The van der Waals surface area contributed by atoms with Gasteiger partial charge in [0.15, 0.2) is 0 Å². The quantitative estimate of drug-likeness (QED) is 0.351. The van der Waals surface area contributed by atoms with Crippen LogP contribution in [0.25, 0.3) is 27.3 Å². The van der Waals surface area contributed by atoms with Gasteiger partial charge in [0.1, 0.15) is 0 Å². The van der Waals surface area contributed by atoms with E-state index in [1.165, 1.54) is 54.2 Å². The number of fused-ring (bicyclic) bond motifs is 6. The number of benzene rings is 3. The summed E-state index contributed by atoms with van der Waals surface area (Å²) in [6.07, 6.45) is 5.74. The highest BCUT2D eigenvalue weighted by Gasteiger charge is 2.35. The lowest BCUT2D eigenvalue weighted by atomic mass is 9.82. The van der Waals surface area contributed by atoms with Crippen LogP contribution in [0.1, 0.15) is 54.7 Å². The van der Waals surface area contributed by atoms with Crippen LogP contribution in [0.2, 0.25) is 0 Å². The predicted molar refractivity (Wildman–Crippen MR) is 131 cm³/mol. The van der Waals surface area contributed by atoms with Crippen molar-refractivity contribution in [3.8, 4) is 11.1 Å². The second-order valence-electron chi connectivity index (χ2n) is 9.15. The fourth-order valence-corrected chi connectivity index (χ4v) is 6.63. The Balaban J connectivity index is 1.47. The molecule has 0 fully saturated rings. The van der Waals surface area contributed by atoms with Crippen molar-refractivity contribution in [2.45, 2.75) is 38.5 Å². The van der Waals surface area contributed by atoms with Gasteiger partial charge < -0.3 is 5.32 Å². The molecule has 0 radical (unpaired) electrons. The molecule has 0 aliphatic heterocycles. The summed E-state index contributed by atoms with van der Waals surface area (Å²) < 4.78 is 1.37. The largest absolute Gasteiger partial charge is 0.355 e. The molecule has 148 valence electrons. The maximum atomic E-state index is 3.78. The Morgan fingerprint density at radius 2 is 1.77 bits per heavy atom. The van der Waals surface area contributed by atoms with E-state index >= 15 is 0 Å². The molecule has 2 aliphatic carbocycles. The number of thiophene rings is 1. The van der Waals surface area contributed by atoms with Crippen molar-refractivity contribution in [1.29, 1.82) is 0 Å². The fourth-order valence-electron chi connectivity index (χ4n) is 5.34. The third-order valence-corrected chi connectivity index (χ3v) is 8.03. The first-order chi connectivity index (χ1) is 14.5. The van der Waals surface area contributed by atoms with Crippen molar-refractivity contribution in [3.63, 3.8) is 0 Å². The number of rotatable bonds is 2. The van der Waals surface area contributed by atoms with Gasteiger partial charge in [-0.1, -0.05) is 63.2 Å². The highest BCUT2D eigenvalue weighted by Crippen LogP contribution is 2.50. The minimum Gasteiger partial charge on any atom is -0.355 e. The number of allylic oxidation sites excluding steroid dienone is 1. The van der Waals surface area contributed by atoms with E-state index in [-0.39, 0.29) is 5.41 Å². The van der Waals surface area contributed by atoms with Gasteiger partial charge in [0, 0.05) is 31.8 Å². The molecule has 1 unspecified atom stereocenters. The van der Waals surface area contributed by atoms with Crippen LogP contribution in [0.5, 0.6) is 0 Å². The minimum atomic E-state index is 0.0243. The molecule has 30 heavy (non-hydrogen) atoms. The fraction of sp³-hybridized carbons (Fsp3) is 0.214. The van der Waals surface area contributed by atoms with Gasteiger partial charge in [-0.15, -0.1) is 11.3 Å². The summed E-state index contributed by atoms with van der Waals surface area (Å²) in [5.74, 6) is 0.565. The van der Waals surface area contributed by atoms with Crippen molar-refractivity contribution >= 4 is 38.9 Å². The van der Waals surface area contributed by atoms with Crippen LogP contribution in [0.15, 0.2) is 66.7 Å². The van der Waals surface area contributed by atoms with E-state index in [0.29, 0.717) is 5.92 Å². The molecule has 0 amide bonds. The summed E-state index contributed by atoms with van der Waals surface area (Å²) in [4.78, 5) is 1.42. The van der Waals surface area contributed by atoms with E-state index < -0.39 is 0 Å². The van der Waals surface area contributed by atoms with Crippen LogP contribution in [0.4, 0.5) is 11.4 Å². The van der Waals surface area contributed by atoms with Crippen molar-refractivity contribution < 1.29 is 0 Å². The number of anilines is 2. The van der Waals surface area contributed by atoms with E-state index in [9.17, 15) is 0 Å². The average molecular weight is 408 g/mol. The minimum absolute atomic E-state index is 0.0243. The molecule has 0 spiro atoms.